The van der Waals surface area contributed by atoms with Gasteiger partial charge in [0.1, 0.15) is 214 Å². The molecule has 57 nitrogen and oxygen atoms in total. The van der Waals surface area contributed by atoms with E-state index in [0.717, 1.165) is 0 Å². The molecule has 9 aliphatic heterocycles. The van der Waals surface area contributed by atoms with Gasteiger partial charge in [0.2, 0.25) is 5.91 Å². The molecule has 0 aliphatic carbocycles. The average Bonchev–Trinajstić information content (AvgIpc) is 0.804. The summed E-state index contributed by atoms with van der Waals surface area (Å²) in [5.74, 6) is -0.390. The Bertz CT molecular complexity index is 2800. The van der Waals surface area contributed by atoms with Crippen molar-refractivity contribution in [3.63, 3.8) is 0 Å². The highest BCUT2D eigenvalue weighted by atomic mass is 16.8. The molecule has 0 radical (unpaired) electrons. The number of aliphatic hydroxyl groups is 31. The van der Waals surface area contributed by atoms with Crippen molar-refractivity contribution < 1.29 is 248 Å². The third kappa shape index (κ3) is 32.0. The van der Waals surface area contributed by atoms with Crippen molar-refractivity contribution in [2.75, 3.05) is 132 Å². The van der Waals surface area contributed by atoms with Gasteiger partial charge < -0.3 is 283 Å². The van der Waals surface area contributed by atoms with Gasteiger partial charge in [0, 0.05) is 46.2 Å². The highest BCUT2D eigenvalue weighted by molar-refractivity contribution is 5.73. The number of amides is 1. The minimum atomic E-state index is -1.83. The summed E-state index contributed by atoms with van der Waals surface area (Å²) in [6, 6.07) is -0.910. The zero-order chi connectivity index (χ0) is 94.1. The molecule has 0 bridgehead atoms. The van der Waals surface area contributed by atoms with Crippen molar-refractivity contribution in [1.29, 1.82) is 0 Å². The Balaban J connectivity index is 0.000000328. The summed E-state index contributed by atoms with van der Waals surface area (Å²) in [5.41, 5.74) is 31.7. The lowest BCUT2D eigenvalue weighted by molar-refractivity contribution is -0.367. The zero-order valence-electron chi connectivity index (χ0n) is 68.2. The van der Waals surface area contributed by atoms with E-state index in [0.29, 0.717) is 6.54 Å². The smallest absolute Gasteiger partial charge is 0.217 e. The molecule has 45 atom stereocenters. The second-order valence-electron chi connectivity index (χ2n) is 29.3. The van der Waals surface area contributed by atoms with Gasteiger partial charge in [0.05, 0.1) is 98.6 Å². The molecule has 125 heavy (non-hydrogen) atoms. The lowest BCUT2D eigenvalue weighted by atomic mass is 9.96. The van der Waals surface area contributed by atoms with Gasteiger partial charge in [-0.15, -0.1) is 0 Å². The van der Waals surface area contributed by atoms with E-state index in [4.69, 9.17) is 135 Å². The van der Waals surface area contributed by atoms with Gasteiger partial charge in [-0.3, -0.25) is 4.79 Å². The molecule has 0 spiro atoms. The maximum atomic E-state index is 11.0. The van der Waals surface area contributed by atoms with Crippen LogP contribution >= 0.6 is 0 Å². The Kier molecular flexibility index (Phi) is 52.9. The second-order valence-corrected chi connectivity index (χ2v) is 29.3. The molecule has 0 aromatic rings. The summed E-state index contributed by atoms with van der Waals surface area (Å²) >= 11 is 0. The molecule has 742 valence electrons. The van der Waals surface area contributed by atoms with Crippen molar-refractivity contribution in [1.82, 2.24) is 5.32 Å². The Labute approximate surface area is 714 Å². The fraction of sp³-hybridized carbons (Fsp3) is 0.985. The van der Waals surface area contributed by atoms with Gasteiger partial charge in [-0.25, -0.2) is 0 Å². The Morgan fingerprint density at radius 1 is 0.248 bits per heavy atom. The molecule has 9 fully saturated rings. The summed E-state index contributed by atoms with van der Waals surface area (Å²) in [7, 11) is 0. The fourth-order valence-corrected chi connectivity index (χ4v) is 13.0. The van der Waals surface area contributed by atoms with Crippen LogP contribution in [0.5, 0.6) is 0 Å². The number of carbonyl (C=O) groups is 1. The molecule has 1 unspecified atom stereocenters. The molecule has 9 aliphatic rings. The van der Waals surface area contributed by atoms with Crippen molar-refractivity contribution in [3.05, 3.63) is 0 Å². The number of nitrogens with two attached hydrogens (primary N) is 6. The van der Waals surface area contributed by atoms with Gasteiger partial charge in [0.15, 0.2) is 56.6 Å². The standard InChI is InChI=1S/C20H37NO16.C14H27NO11.C10H20N2O6.2C8H17NO6.C8H17NO5/c21-1-2-32-19-16(31)17(37-20-15(30)13(28)10(25)7(4-23)35-20)11(26)8(36-19)5-33-18-14(29)12(27)9(24)6(3-22)34-18;15-1-2-23-14-12(10(21)8(19)6(4-17)25-14)26-13-11(22)9(20)7(18)5(3-16)24-13;1-5(14)12-7-9(16)8(15)6(4-13)18-10(7)17-3-2-11;2*9-1-2-14-8-7(13)6(12)5(11)4(3-10)15-8;1-4-5(10)6(11)7(12)8(14-4)13-3-2-9/h6-20,22-31H,1-5,21H2;5-14,16-22H,1-4,15H2;6-10,13,15-16H,2-4,11H2,1H3,(H,12,14);2*4-8,10-13H,1-3,9H2;4-8,10-12H,2-3,9H2,1H3/t6-,7-,8?,9-,10-,11-,12+,13+,14+,15+,16+,17+,18+,19+,20-;5-,6-,7-,8-,9+,10+,11+,12+,13-,14+;6-,7-,8-,9-,10-;4-,5-,6+,7+,8+;4-,5-,6+,7-,8+;4-,5+,6+,7-,8-/m111110/s1. The van der Waals surface area contributed by atoms with Crippen LogP contribution in [0.2, 0.25) is 0 Å². The number of carbonyl (C=O) groups excluding carboxylic acids is 1. The van der Waals surface area contributed by atoms with Crippen LogP contribution in [0, 0.1) is 0 Å². The number of rotatable bonds is 33. The minimum Gasteiger partial charge on any atom is -0.394 e. The third-order valence-corrected chi connectivity index (χ3v) is 20.2. The first-order chi connectivity index (χ1) is 59.2. The van der Waals surface area contributed by atoms with Crippen molar-refractivity contribution in [2.45, 2.75) is 290 Å². The topological polar surface area (TPSA) is 978 Å². The van der Waals surface area contributed by atoms with Gasteiger partial charge in [-0.2, -0.15) is 0 Å². The predicted molar refractivity (Wildman–Crippen MR) is 401 cm³/mol. The van der Waals surface area contributed by atoms with E-state index in [1.807, 2.05) is 0 Å². The first-order valence-corrected chi connectivity index (χ1v) is 39.8. The van der Waals surface area contributed by atoms with Crippen molar-refractivity contribution >= 4 is 5.91 Å². The van der Waals surface area contributed by atoms with Crippen LogP contribution in [0.25, 0.3) is 0 Å². The van der Waals surface area contributed by atoms with Crippen LogP contribution in [-0.4, -0.2) is 572 Å². The maximum absolute atomic E-state index is 11.0. The molecule has 9 saturated heterocycles. The molecule has 1 amide bonds. The Hall–Kier alpha value is -2.73. The number of ether oxygens (including phenoxy) is 18. The van der Waals surface area contributed by atoms with E-state index in [1.54, 1.807) is 6.92 Å². The van der Waals surface area contributed by atoms with Crippen LogP contribution in [0.4, 0.5) is 0 Å². The van der Waals surface area contributed by atoms with Crippen LogP contribution in [0.3, 0.4) is 0 Å². The Morgan fingerprint density at radius 3 is 0.800 bits per heavy atom. The van der Waals surface area contributed by atoms with Crippen LogP contribution in [0.1, 0.15) is 13.8 Å². The van der Waals surface area contributed by atoms with Gasteiger partial charge >= 0.3 is 0 Å². The minimum absolute atomic E-state index is 0.0141. The summed E-state index contributed by atoms with van der Waals surface area (Å²) in [4.78, 5) is 11.0. The first-order valence-electron chi connectivity index (χ1n) is 39.8. The van der Waals surface area contributed by atoms with Crippen LogP contribution < -0.4 is 39.7 Å². The summed E-state index contributed by atoms with van der Waals surface area (Å²) in [6.45, 7) is 0.107. The van der Waals surface area contributed by atoms with Gasteiger partial charge in [0.25, 0.3) is 0 Å². The molecular formula is C68H135N7O50. The molecule has 0 aromatic carbocycles. The van der Waals surface area contributed by atoms with Crippen molar-refractivity contribution in [3.8, 4) is 0 Å². The molecule has 57 heteroatoms. The summed E-state index contributed by atoms with van der Waals surface area (Å²) in [6.07, 6.45) is -60.4. The van der Waals surface area contributed by atoms with Gasteiger partial charge in [-0.05, 0) is 6.92 Å². The average molecular weight is 1850 g/mol. The molecular weight excluding hydrogens is 1710 g/mol. The molecule has 44 N–H and O–H groups in total. The van der Waals surface area contributed by atoms with E-state index >= 15 is 0 Å². The molecule has 9 heterocycles. The number of hydrogen-bond acceptors (Lipinski definition) is 56. The highest BCUT2D eigenvalue weighted by Gasteiger charge is 2.56. The largest absolute Gasteiger partial charge is 0.394 e. The summed E-state index contributed by atoms with van der Waals surface area (Å²) in [5, 5.41) is 302. The van der Waals surface area contributed by atoms with E-state index in [2.05, 4.69) is 5.32 Å². The normalized spacial score (nSPS) is 44.6. The van der Waals surface area contributed by atoms with E-state index in [1.165, 1.54) is 6.92 Å². The number of aliphatic hydroxyl groups excluding tert-OH is 31. The molecule has 0 aromatic heterocycles. The van der Waals surface area contributed by atoms with Crippen LogP contribution in [0.15, 0.2) is 0 Å². The predicted octanol–water partition coefficient (Wildman–Crippen LogP) is -24.8. The lowest BCUT2D eigenvalue weighted by Crippen LogP contribution is -2.65. The SMILES string of the molecule is CC(=O)N[C@H]1[C@H](OCCN)O[C@H](CO)[C@@H](O)[C@@H]1O.C[C@@H]1O[C@H](OCCN)[C@@H](O)[C@H](O)[C@@H]1O.NCCO[C@H]1OC(CO[C@H]2O[C@H](CO)[C@@H](O)[C@H](O)[C@@H]2O)[C@@H](O)[C@H](O[C@H]2O[C@H](CO)[C@@H](O)[C@H](O)[C@@H]2O)[C@@H]1O.NCCO[C@H]1O[C@H](CO)[C@@H](O)[C@H](O)[C@@H]1O.NCCO[C@H]1O[C@H](CO)[C@@H](O)[C@H](O)[C@@H]1O[C@H]1O[C@H](CO)[C@@H](O)[C@H](O)[C@@H]1O.NCCO[C@H]1O[C@H](CO)[C@@H](O)[C@H](O)[C@H]1O. The van der Waals surface area contributed by atoms with Crippen molar-refractivity contribution in [2.24, 2.45) is 34.4 Å². The number of nitrogens with one attached hydrogen (secondary N) is 1. The van der Waals surface area contributed by atoms with Crippen LogP contribution in [-0.2, 0) is 90.1 Å². The first kappa shape index (κ1) is 115. The summed E-state index contributed by atoms with van der Waals surface area (Å²) < 4.78 is 94.6. The molecule has 9 rings (SSSR count). The zero-order valence-corrected chi connectivity index (χ0v) is 68.2. The van der Waals surface area contributed by atoms with Gasteiger partial charge in [-0.1, -0.05) is 0 Å². The van der Waals surface area contributed by atoms with E-state index in [9.17, 15) is 148 Å². The van der Waals surface area contributed by atoms with E-state index in [-0.39, 0.29) is 72.4 Å². The highest BCUT2D eigenvalue weighted by Crippen LogP contribution is 2.35. The third-order valence-electron chi connectivity index (χ3n) is 20.2. The fourth-order valence-electron chi connectivity index (χ4n) is 13.0. The Morgan fingerprint density at radius 2 is 0.480 bits per heavy atom. The second kappa shape index (κ2) is 57.8. The maximum Gasteiger partial charge on any atom is 0.217 e. The monoisotopic (exact) mass is 1850 g/mol. The lowest BCUT2D eigenvalue weighted by Gasteiger charge is -2.46. The molecule has 0 saturated carbocycles. The van der Waals surface area contributed by atoms with E-state index < -0.39 is 335 Å². The quantitative estimate of drug-likeness (QED) is 0.0290. The number of hydrogen-bond donors (Lipinski definition) is 38.